The Hall–Kier alpha value is -0.890. The second kappa shape index (κ2) is 10.1. The Morgan fingerprint density at radius 2 is 1.78 bits per heavy atom. The number of carbonyl (C=O) groups excluding carboxylic acids is 1. The quantitative estimate of drug-likeness (QED) is 0.545. The van der Waals surface area contributed by atoms with Crippen LogP contribution in [0.15, 0.2) is 24.3 Å². The van der Waals surface area contributed by atoms with Crippen molar-refractivity contribution in [1.29, 1.82) is 0 Å². The number of anilines is 1. The zero-order valence-electron chi connectivity index (χ0n) is 13.5. The molecule has 1 fully saturated rings. The SMILES string of the molecule is CN1CCN(c2ccc(C(=O)NCCSSCCO)cc2)CC1. The van der Waals surface area contributed by atoms with E-state index in [-0.39, 0.29) is 12.5 Å². The van der Waals surface area contributed by atoms with E-state index in [9.17, 15) is 4.79 Å². The molecule has 2 rings (SSSR count). The van der Waals surface area contributed by atoms with Gasteiger partial charge < -0.3 is 20.2 Å². The van der Waals surface area contributed by atoms with Gasteiger partial charge in [0, 0.05) is 55.5 Å². The van der Waals surface area contributed by atoms with E-state index in [1.807, 2.05) is 24.3 Å². The number of amides is 1. The van der Waals surface area contributed by atoms with Crippen LogP contribution in [0.5, 0.6) is 0 Å². The first-order valence-electron chi connectivity index (χ1n) is 7.88. The van der Waals surface area contributed by atoms with E-state index in [0.29, 0.717) is 12.1 Å². The van der Waals surface area contributed by atoms with Crippen molar-refractivity contribution in [3.8, 4) is 0 Å². The minimum Gasteiger partial charge on any atom is -0.395 e. The lowest BCUT2D eigenvalue weighted by Crippen LogP contribution is -2.44. The van der Waals surface area contributed by atoms with Crippen LogP contribution in [0, 0.1) is 0 Å². The molecule has 1 aromatic rings. The summed E-state index contributed by atoms with van der Waals surface area (Å²) in [4.78, 5) is 16.8. The Labute approximate surface area is 146 Å². The van der Waals surface area contributed by atoms with E-state index in [2.05, 4.69) is 22.2 Å². The Morgan fingerprint density at radius 1 is 1.13 bits per heavy atom. The van der Waals surface area contributed by atoms with Crippen LogP contribution in [-0.2, 0) is 0 Å². The first-order valence-corrected chi connectivity index (χ1v) is 10.4. The van der Waals surface area contributed by atoms with Gasteiger partial charge in [0.1, 0.15) is 0 Å². The first-order chi connectivity index (χ1) is 11.2. The molecule has 0 saturated carbocycles. The fourth-order valence-electron chi connectivity index (χ4n) is 2.35. The Morgan fingerprint density at radius 3 is 2.43 bits per heavy atom. The third-order valence-corrected chi connectivity index (χ3v) is 6.11. The number of likely N-dealkylation sites (N-methyl/N-ethyl adjacent to an activating group) is 1. The van der Waals surface area contributed by atoms with Gasteiger partial charge in [0.15, 0.2) is 0 Å². The minimum atomic E-state index is -0.0253. The minimum absolute atomic E-state index is 0.0253. The van der Waals surface area contributed by atoms with Crippen molar-refractivity contribution >= 4 is 33.2 Å². The molecule has 128 valence electrons. The van der Waals surface area contributed by atoms with Gasteiger partial charge in [0.25, 0.3) is 5.91 Å². The fraction of sp³-hybridized carbons (Fsp3) is 0.562. The van der Waals surface area contributed by atoms with Gasteiger partial charge >= 0.3 is 0 Å². The summed E-state index contributed by atoms with van der Waals surface area (Å²) in [7, 11) is 5.44. The standard InChI is InChI=1S/C16H25N3O2S2/c1-18-7-9-19(10-8-18)15-4-2-14(3-5-15)16(21)17-6-12-22-23-13-11-20/h2-5,20H,6-13H2,1H3,(H,17,21). The molecule has 1 aliphatic heterocycles. The number of aliphatic hydroxyl groups excluding tert-OH is 1. The largest absolute Gasteiger partial charge is 0.395 e. The van der Waals surface area contributed by atoms with Crippen molar-refractivity contribution in [2.75, 3.05) is 62.8 Å². The lowest BCUT2D eigenvalue weighted by molar-refractivity contribution is 0.0956. The second-order valence-electron chi connectivity index (χ2n) is 5.46. The lowest BCUT2D eigenvalue weighted by Gasteiger charge is -2.34. The zero-order valence-corrected chi connectivity index (χ0v) is 15.2. The van der Waals surface area contributed by atoms with Gasteiger partial charge in [0.2, 0.25) is 0 Å². The number of piperazine rings is 1. The normalized spacial score (nSPS) is 15.7. The second-order valence-corrected chi connectivity index (χ2v) is 8.16. The molecule has 1 saturated heterocycles. The molecule has 1 aromatic carbocycles. The van der Waals surface area contributed by atoms with Gasteiger partial charge in [-0.3, -0.25) is 4.79 Å². The summed E-state index contributed by atoms with van der Waals surface area (Å²) >= 11 is 0. The molecular weight excluding hydrogens is 330 g/mol. The summed E-state index contributed by atoms with van der Waals surface area (Å²) < 4.78 is 0. The average Bonchev–Trinajstić information content (AvgIpc) is 2.58. The predicted octanol–water partition coefficient (Wildman–Crippen LogP) is 1.54. The maximum absolute atomic E-state index is 12.1. The molecule has 0 unspecified atom stereocenters. The van der Waals surface area contributed by atoms with Crippen LogP contribution in [0.4, 0.5) is 5.69 Å². The van der Waals surface area contributed by atoms with Gasteiger partial charge in [-0.05, 0) is 31.3 Å². The molecular formula is C16H25N3O2S2. The molecule has 0 aliphatic carbocycles. The number of hydrogen-bond acceptors (Lipinski definition) is 6. The third kappa shape index (κ3) is 6.25. The molecule has 0 radical (unpaired) electrons. The number of nitrogens with zero attached hydrogens (tertiary/aromatic N) is 2. The topological polar surface area (TPSA) is 55.8 Å². The molecule has 23 heavy (non-hydrogen) atoms. The zero-order chi connectivity index (χ0) is 16.5. The molecule has 0 atom stereocenters. The van der Waals surface area contributed by atoms with Crippen LogP contribution in [0.3, 0.4) is 0 Å². The van der Waals surface area contributed by atoms with Gasteiger partial charge in [-0.25, -0.2) is 0 Å². The highest BCUT2D eigenvalue weighted by atomic mass is 33.1. The number of rotatable bonds is 8. The van der Waals surface area contributed by atoms with Gasteiger partial charge in [-0.2, -0.15) is 0 Å². The highest BCUT2D eigenvalue weighted by Crippen LogP contribution is 2.19. The van der Waals surface area contributed by atoms with Crippen molar-refractivity contribution in [2.24, 2.45) is 0 Å². The number of aliphatic hydroxyl groups is 1. The van der Waals surface area contributed by atoms with Crippen molar-refractivity contribution in [2.45, 2.75) is 0 Å². The number of hydrogen-bond donors (Lipinski definition) is 2. The molecule has 5 nitrogen and oxygen atoms in total. The number of nitrogens with one attached hydrogen (secondary N) is 1. The summed E-state index contributed by atoms with van der Waals surface area (Å²) in [6.45, 7) is 5.06. The van der Waals surface area contributed by atoms with E-state index in [1.54, 1.807) is 21.6 Å². The molecule has 1 amide bonds. The molecule has 0 aromatic heterocycles. The summed E-state index contributed by atoms with van der Waals surface area (Å²) in [6, 6.07) is 7.87. The van der Waals surface area contributed by atoms with E-state index in [0.717, 1.165) is 37.7 Å². The van der Waals surface area contributed by atoms with Crippen molar-refractivity contribution in [3.05, 3.63) is 29.8 Å². The summed E-state index contributed by atoms with van der Waals surface area (Å²) in [5.41, 5.74) is 1.89. The summed E-state index contributed by atoms with van der Waals surface area (Å²) in [6.07, 6.45) is 0. The smallest absolute Gasteiger partial charge is 0.251 e. The molecule has 0 spiro atoms. The van der Waals surface area contributed by atoms with Crippen LogP contribution in [0.25, 0.3) is 0 Å². The van der Waals surface area contributed by atoms with E-state index >= 15 is 0 Å². The van der Waals surface area contributed by atoms with E-state index in [4.69, 9.17) is 5.11 Å². The molecule has 1 aliphatic rings. The van der Waals surface area contributed by atoms with Gasteiger partial charge in [-0.1, -0.05) is 21.6 Å². The molecule has 0 bridgehead atoms. The maximum atomic E-state index is 12.1. The average molecular weight is 356 g/mol. The van der Waals surface area contributed by atoms with Crippen LogP contribution in [0.2, 0.25) is 0 Å². The van der Waals surface area contributed by atoms with Gasteiger partial charge in [-0.15, -0.1) is 0 Å². The highest BCUT2D eigenvalue weighted by Gasteiger charge is 2.14. The first kappa shape index (κ1) is 18.4. The van der Waals surface area contributed by atoms with Crippen molar-refractivity contribution < 1.29 is 9.90 Å². The predicted molar refractivity (Wildman–Crippen MR) is 100 cm³/mol. The molecule has 1 heterocycles. The van der Waals surface area contributed by atoms with Crippen molar-refractivity contribution in [1.82, 2.24) is 10.2 Å². The molecule has 7 heteroatoms. The Bertz CT molecular complexity index is 477. The van der Waals surface area contributed by atoms with E-state index < -0.39 is 0 Å². The van der Waals surface area contributed by atoms with Crippen LogP contribution < -0.4 is 10.2 Å². The summed E-state index contributed by atoms with van der Waals surface area (Å²) in [5.74, 6) is 1.55. The van der Waals surface area contributed by atoms with Gasteiger partial charge in [0.05, 0.1) is 6.61 Å². The maximum Gasteiger partial charge on any atom is 0.251 e. The van der Waals surface area contributed by atoms with Crippen LogP contribution >= 0.6 is 21.6 Å². The molecule has 2 N–H and O–H groups in total. The number of carbonyl (C=O) groups is 1. The highest BCUT2D eigenvalue weighted by molar-refractivity contribution is 8.76. The van der Waals surface area contributed by atoms with Crippen LogP contribution in [-0.4, -0.2) is 73.8 Å². The Balaban J connectivity index is 1.74. The third-order valence-electron chi connectivity index (χ3n) is 3.73. The van der Waals surface area contributed by atoms with Crippen molar-refractivity contribution in [3.63, 3.8) is 0 Å². The Kier molecular flexibility index (Phi) is 8.08. The summed E-state index contributed by atoms with van der Waals surface area (Å²) in [5, 5.41) is 11.6. The monoisotopic (exact) mass is 355 g/mol. The van der Waals surface area contributed by atoms with E-state index in [1.165, 1.54) is 5.69 Å². The number of benzene rings is 1. The lowest BCUT2D eigenvalue weighted by atomic mass is 10.1. The fourth-order valence-corrected chi connectivity index (χ4v) is 4.03. The van der Waals surface area contributed by atoms with Crippen LogP contribution in [0.1, 0.15) is 10.4 Å².